The number of hydrogen-bond donors (Lipinski definition) is 1. The Labute approximate surface area is 116 Å². The number of nitrogen functional groups attached to an aromatic ring is 1. The molecule has 2 rings (SSSR count). The molecule has 0 saturated carbocycles. The van der Waals surface area contributed by atoms with Gasteiger partial charge < -0.3 is 10.5 Å². The lowest BCUT2D eigenvalue weighted by Gasteiger charge is -2.08. The van der Waals surface area contributed by atoms with Gasteiger partial charge in [-0.3, -0.25) is 0 Å². The first-order valence-corrected chi connectivity index (χ1v) is 7.72. The number of nitrogens with two attached hydrogens (primary N) is 1. The van der Waals surface area contributed by atoms with E-state index in [0.29, 0.717) is 11.3 Å². The highest BCUT2D eigenvalue weighted by atomic mass is 32.2. The van der Waals surface area contributed by atoms with Gasteiger partial charge in [-0.2, -0.15) is 0 Å². The van der Waals surface area contributed by atoms with E-state index in [1.807, 2.05) is 0 Å². The minimum atomic E-state index is -3.28. The average Bonchev–Trinajstić information content (AvgIpc) is 2.39. The fourth-order valence-electron chi connectivity index (χ4n) is 1.62. The predicted molar refractivity (Wildman–Crippen MR) is 74.7 cm³/mol. The molecular weight excluding hydrogens is 281 g/mol. The second kappa shape index (κ2) is 5.50. The Morgan fingerprint density at radius 2 is 1.95 bits per heavy atom. The molecule has 0 heterocycles. The molecule has 106 valence electrons. The Morgan fingerprint density at radius 3 is 2.60 bits per heavy atom. The lowest BCUT2D eigenvalue weighted by atomic mass is 10.2. The van der Waals surface area contributed by atoms with Crippen molar-refractivity contribution in [3.05, 3.63) is 53.8 Å². The van der Waals surface area contributed by atoms with Crippen LogP contribution in [0.5, 0.6) is 5.75 Å². The molecule has 0 aliphatic carbocycles. The maximum absolute atomic E-state index is 13.3. The second-order valence-electron chi connectivity index (χ2n) is 4.39. The molecule has 4 nitrogen and oxygen atoms in total. The molecule has 6 heteroatoms. The van der Waals surface area contributed by atoms with E-state index in [2.05, 4.69) is 0 Å². The third kappa shape index (κ3) is 3.48. The van der Waals surface area contributed by atoms with Crippen LogP contribution in [-0.4, -0.2) is 14.7 Å². The minimum absolute atomic E-state index is 0.0767. The summed E-state index contributed by atoms with van der Waals surface area (Å²) in [7, 11) is -3.28. The highest BCUT2D eigenvalue weighted by molar-refractivity contribution is 7.90. The lowest BCUT2D eigenvalue weighted by molar-refractivity contribution is 0.305. The number of sulfone groups is 1. The van der Waals surface area contributed by atoms with Crippen molar-refractivity contribution in [2.75, 3.05) is 12.0 Å². The summed E-state index contributed by atoms with van der Waals surface area (Å²) in [5, 5.41) is 0. The molecule has 0 spiro atoms. The second-order valence-corrected chi connectivity index (χ2v) is 6.41. The quantitative estimate of drug-likeness (QED) is 0.879. The summed E-state index contributed by atoms with van der Waals surface area (Å²) in [5.74, 6) is -0.0962. The van der Waals surface area contributed by atoms with Crippen LogP contribution in [0.15, 0.2) is 47.4 Å². The molecule has 0 atom stereocenters. The zero-order chi connectivity index (χ0) is 14.8. The van der Waals surface area contributed by atoms with E-state index in [1.54, 1.807) is 18.2 Å². The van der Waals surface area contributed by atoms with Crippen LogP contribution < -0.4 is 10.5 Å². The average molecular weight is 295 g/mol. The molecule has 0 fully saturated rings. The van der Waals surface area contributed by atoms with Crippen molar-refractivity contribution in [1.82, 2.24) is 0 Å². The maximum Gasteiger partial charge on any atom is 0.175 e. The molecule has 20 heavy (non-hydrogen) atoms. The van der Waals surface area contributed by atoms with E-state index in [9.17, 15) is 12.8 Å². The molecule has 2 N–H and O–H groups in total. The monoisotopic (exact) mass is 295 g/mol. The van der Waals surface area contributed by atoms with E-state index in [0.717, 1.165) is 6.26 Å². The first kappa shape index (κ1) is 14.3. The van der Waals surface area contributed by atoms with Crippen molar-refractivity contribution in [2.45, 2.75) is 11.5 Å². The fraction of sp³-hybridized carbons (Fsp3) is 0.143. The van der Waals surface area contributed by atoms with E-state index in [1.165, 1.54) is 24.3 Å². The molecule has 2 aromatic carbocycles. The largest absolute Gasteiger partial charge is 0.489 e. The van der Waals surface area contributed by atoms with Crippen LogP contribution in [0.2, 0.25) is 0 Å². The van der Waals surface area contributed by atoms with Gasteiger partial charge in [0.15, 0.2) is 9.84 Å². The number of benzene rings is 2. The van der Waals surface area contributed by atoms with Crippen LogP contribution >= 0.6 is 0 Å². The highest BCUT2D eigenvalue weighted by Gasteiger charge is 2.08. The fourth-order valence-corrected chi connectivity index (χ4v) is 2.28. The van der Waals surface area contributed by atoms with Gasteiger partial charge in [0.05, 0.1) is 10.6 Å². The third-order valence-corrected chi connectivity index (χ3v) is 3.81. The Bertz CT molecular complexity index is 729. The van der Waals surface area contributed by atoms with Crippen LogP contribution in [0.3, 0.4) is 0 Å². The van der Waals surface area contributed by atoms with Crippen LogP contribution in [-0.2, 0) is 16.4 Å². The Hall–Kier alpha value is -2.08. The summed E-state index contributed by atoms with van der Waals surface area (Å²) >= 11 is 0. The molecule has 0 aromatic heterocycles. The molecule has 0 saturated heterocycles. The van der Waals surface area contributed by atoms with Crippen molar-refractivity contribution >= 4 is 15.5 Å². The smallest absolute Gasteiger partial charge is 0.175 e. The lowest BCUT2D eigenvalue weighted by Crippen LogP contribution is -2.00. The Morgan fingerprint density at radius 1 is 1.20 bits per heavy atom. The molecule has 0 aliphatic heterocycles. The van der Waals surface area contributed by atoms with Gasteiger partial charge in [0.25, 0.3) is 0 Å². The van der Waals surface area contributed by atoms with Crippen molar-refractivity contribution in [2.24, 2.45) is 0 Å². The topological polar surface area (TPSA) is 69.4 Å². The number of rotatable bonds is 4. The summed E-state index contributed by atoms with van der Waals surface area (Å²) < 4.78 is 41.6. The number of ether oxygens (including phenoxy) is 1. The van der Waals surface area contributed by atoms with Gasteiger partial charge in [-0.05, 0) is 35.9 Å². The van der Waals surface area contributed by atoms with E-state index >= 15 is 0 Å². The zero-order valence-electron chi connectivity index (χ0n) is 10.8. The van der Waals surface area contributed by atoms with Gasteiger partial charge >= 0.3 is 0 Å². The van der Waals surface area contributed by atoms with Crippen LogP contribution in [0, 0.1) is 5.82 Å². The molecule has 0 unspecified atom stereocenters. The van der Waals surface area contributed by atoms with Crippen molar-refractivity contribution < 1.29 is 17.5 Å². The SMILES string of the molecule is CS(=O)(=O)c1cccc(OCc2ccc(N)c(F)c2)c1. The Kier molecular flexibility index (Phi) is 3.94. The van der Waals surface area contributed by atoms with Gasteiger partial charge in [0, 0.05) is 6.26 Å². The van der Waals surface area contributed by atoms with Crippen molar-refractivity contribution in [1.29, 1.82) is 0 Å². The van der Waals surface area contributed by atoms with Crippen molar-refractivity contribution in [3.8, 4) is 5.75 Å². The normalized spacial score (nSPS) is 11.3. The maximum atomic E-state index is 13.3. The standard InChI is InChI=1S/C14H14FNO3S/c1-20(17,18)12-4-2-3-11(8-12)19-9-10-5-6-14(16)13(15)7-10/h2-8H,9,16H2,1H3. The summed E-state index contributed by atoms with van der Waals surface area (Å²) in [4.78, 5) is 0.179. The zero-order valence-corrected chi connectivity index (χ0v) is 11.7. The number of hydrogen-bond acceptors (Lipinski definition) is 4. The first-order valence-electron chi connectivity index (χ1n) is 5.83. The first-order chi connectivity index (χ1) is 9.36. The molecule has 2 aromatic rings. The molecule has 0 aliphatic rings. The molecule has 0 bridgehead atoms. The van der Waals surface area contributed by atoms with Gasteiger partial charge in [-0.1, -0.05) is 12.1 Å². The van der Waals surface area contributed by atoms with Gasteiger partial charge in [-0.15, -0.1) is 0 Å². The van der Waals surface area contributed by atoms with Crippen LogP contribution in [0.1, 0.15) is 5.56 Å². The predicted octanol–water partition coefficient (Wildman–Crippen LogP) is 2.39. The minimum Gasteiger partial charge on any atom is -0.489 e. The molecular formula is C14H14FNO3S. The van der Waals surface area contributed by atoms with E-state index in [4.69, 9.17) is 10.5 Å². The summed E-state index contributed by atoms with van der Waals surface area (Å²) in [6.45, 7) is 0.129. The number of halogens is 1. The van der Waals surface area contributed by atoms with Crippen LogP contribution in [0.4, 0.5) is 10.1 Å². The summed E-state index contributed by atoms with van der Waals surface area (Å²) in [5.41, 5.74) is 6.07. The summed E-state index contributed by atoms with van der Waals surface area (Å²) in [6.07, 6.45) is 1.13. The van der Waals surface area contributed by atoms with Crippen LogP contribution in [0.25, 0.3) is 0 Å². The number of anilines is 1. The molecule has 0 amide bonds. The Balaban J connectivity index is 2.13. The van der Waals surface area contributed by atoms with Crippen molar-refractivity contribution in [3.63, 3.8) is 0 Å². The van der Waals surface area contributed by atoms with E-state index in [-0.39, 0.29) is 17.2 Å². The highest BCUT2D eigenvalue weighted by Crippen LogP contribution is 2.19. The van der Waals surface area contributed by atoms with E-state index < -0.39 is 15.7 Å². The van der Waals surface area contributed by atoms with Gasteiger partial charge in [-0.25, -0.2) is 12.8 Å². The third-order valence-electron chi connectivity index (χ3n) is 2.70. The van der Waals surface area contributed by atoms with Gasteiger partial charge in [0.2, 0.25) is 0 Å². The van der Waals surface area contributed by atoms with Gasteiger partial charge in [0.1, 0.15) is 18.2 Å². The molecule has 0 radical (unpaired) electrons. The summed E-state index contributed by atoms with van der Waals surface area (Å²) in [6, 6.07) is 10.6.